The van der Waals surface area contributed by atoms with Gasteiger partial charge in [0.2, 0.25) is 5.91 Å². The van der Waals surface area contributed by atoms with E-state index in [4.69, 9.17) is 33.7 Å². The Morgan fingerprint density at radius 2 is 1.83 bits per heavy atom. The van der Waals surface area contributed by atoms with Crippen LogP contribution in [0.4, 0.5) is 0 Å². The number of hydrogen-bond acceptors (Lipinski definition) is 4. The molecule has 1 heterocycles. The average molecular weight is 440 g/mol. The van der Waals surface area contributed by atoms with Crippen molar-refractivity contribution in [3.63, 3.8) is 0 Å². The summed E-state index contributed by atoms with van der Waals surface area (Å²) in [6, 6.07) is 17.3. The van der Waals surface area contributed by atoms with Gasteiger partial charge in [-0.2, -0.15) is 0 Å². The number of nitrogens with two attached hydrogens (primary N) is 1. The normalized spacial score (nSPS) is 10.9. The molecule has 3 aromatic carbocycles. The molecule has 1 aromatic heterocycles. The van der Waals surface area contributed by atoms with Gasteiger partial charge in [-0.15, -0.1) is 0 Å². The van der Waals surface area contributed by atoms with Gasteiger partial charge in [-0.05, 0) is 42.5 Å². The maximum absolute atomic E-state index is 11.7. The Morgan fingerprint density at radius 3 is 2.57 bits per heavy atom. The maximum Gasteiger partial charge on any atom is 0.237 e. The molecule has 0 saturated carbocycles. The first-order valence-corrected chi connectivity index (χ1v) is 9.67. The molecule has 4 rings (SSSR count). The molecule has 8 heteroatoms. The minimum absolute atomic E-state index is 0.0514. The Morgan fingerprint density at radius 1 is 1.03 bits per heavy atom. The Balaban J connectivity index is 1.77. The molecule has 1 amide bonds. The summed E-state index contributed by atoms with van der Waals surface area (Å²) in [5.74, 6) is 1.12. The zero-order valence-electron chi connectivity index (χ0n) is 15.5. The zero-order valence-corrected chi connectivity index (χ0v) is 17.0. The number of amides is 1. The minimum atomic E-state index is -0.502. The number of nitrogens with zero attached hydrogens (tertiary/aromatic N) is 2. The molecule has 30 heavy (non-hydrogen) atoms. The lowest BCUT2D eigenvalue weighted by Crippen LogP contribution is -2.19. The first-order chi connectivity index (χ1) is 14.4. The largest absolute Gasteiger partial charge is 0.457 e. The van der Waals surface area contributed by atoms with Gasteiger partial charge >= 0.3 is 0 Å². The Labute approximate surface area is 181 Å². The molecular weight excluding hydrogens is 425 g/mol. The van der Waals surface area contributed by atoms with Crippen LogP contribution in [0.2, 0.25) is 10.0 Å². The van der Waals surface area contributed by atoms with Crippen molar-refractivity contribution < 1.29 is 14.3 Å². The van der Waals surface area contributed by atoms with Crippen LogP contribution in [0.25, 0.3) is 22.4 Å². The first-order valence-electron chi connectivity index (χ1n) is 8.92. The molecule has 0 aliphatic carbocycles. The number of rotatable bonds is 6. The minimum Gasteiger partial charge on any atom is -0.457 e. The predicted octanol–water partition coefficient (Wildman–Crippen LogP) is 5.10. The molecule has 0 unspecified atom stereocenters. The monoisotopic (exact) mass is 439 g/mol. The summed E-state index contributed by atoms with van der Waals surface area (Å²) in [5.41, 5.74) is 7.95. The summed E-state index contributed by atoms with van der Waals surface area (Å²) >= 11 is 12.0. The topological polar surface area (TPSA) is 87.2 Å². The van der Waals surface area contributed by atoms with Gasteiger partial charge in [0.25, 0.3) is 0 Å². The second-order valence-electron chi connectivity index (χ2n) is 6.56. The molecule has 0 atom stereocenters. The summed E-state index contributed by atoms with van der Waals surface area (Å²) in [6.07, 6.45) is 0.748. The third kappa shape index (κ3) is 4.01. The highest BCUT2D eigenvalue weighted by Gasteiger charge is 2.15. The lowest BCUT2D eigenvalue weighted by Gasteiger charge is -2.10. The molecule has 4 aromatic rings. The van der Waals surface area contributed by atoms with Crippen molar-refractivity contribution in [1.29, 1.82) is 0 Å². The van der Waals surface area contributed by atoms with E-state index < -0.39 is 5.91 Å². The van der Waals surface area contributed by atoms with Crippen molar-refractivity contribution >= 4 is 46.4 Å². The number of hydrogen-bond donors (Lipinski definition) is 1. The second-order valence-corrected chi connectivity index (χ2v) is 7.37. The van der Waals surface area contributed by atoms with Crippen molar-refractivity contribution in [3.8, 4) is 22.9 Å². The van der Waals surface area contributed by atoms with Gasteiger partial charge in [0.05, 0.1) is 21.1 Å². The lowest BCUT2D eigenvalue weighted by atomic mass is 10.2. The number of aromatic nitrogens is 2. The number of imidazole rings is 1. The zero-order chi connectivity index (χ0) is 21.3. The van der Waals surface area contributed by atoms with E-state index in [1.807, 2.05) is 12.1 Å². The van der Waals surface area contributed by atoms with Gasteiger partial charge in [-0.3, -0.25) is 9.59 Å². The Hall–Kier alpha value is -3.35. The summed E-state index contributed by atoms with van der Waals surface area (Å²) in [6.45, 7) is -0.0514. The number of benzene rings is 3. The van der Waals surface area contributed by atoms with Crippen LogP contribution in [0.3, 0.4) is 0 Å². The summed E-state index contributed by atoms with van der Waals surface area (Å²) in [4.78, 5) is 27.4. The summed E-state index contributed by atoms with van der Waals surface area (Å²) in [5, 5.41) is 0.826. The number of ether oxygens (including phenoxy) is 1. The summed E-state index contributed by atoms with van der Waals surface area (Å²) < 4.78 is 7.60. The van der Waals surface area contributed by atoms with Crippen LogP contribution in [-0.4, -0.2) is 21.7 Å². The number of primary amides is 1. The van der Waals surface area contributed by atoms with Crippen molar-refractivity contribution in [2.24, 2.45) is 5.73 Å². The van der Waals surface area contributed by atoms with E-state index in [1.54, 1.807) is 53.1 Å². The molecule has 0 aliphatic rings. The quantitative estimate of drug-likeness (QED) is 0.423. The molecule has 0 spiro atoms. The fourth-order valence-corrected chi connectivity index (χ4v) is 3.42. The van der Waals surface area contributed by atoms with Crippen LogP contribution in [0.5, 0.6) is 11.5 Å². The van der Waals surface area contributed by atoms with Gasteiger partial charge in [0, 0.05) is 17.2 Å². The molecule has 150 valence electrons. The molecule has 0 fully saturated rings. The Bertz CT molecular complexity index is 1280. The van der Waals surface area contributed by atoms with Crippen molar-refractivity contribution in [1.82, 2.24) is 9.55 Å². The van der Waals surface area contributed by atoms with Crippen LogP contribution >= 0.6 is 23.2 Å². The van der Waals surface area contributed by atoms with Crippen LogP contribution in [0.1, 0.15) is 10.4 Å². The highest BCUT2D eigenvalue weighted by molar-refractivity contribution is 6.42. The number of carbonyl (C=O) groups excluding carboxylic acids is 2. The van der Waals surface area contributed by atoms with E-state index in [-0.39, 0.29) is 6.54 Å². The van der Waals surface area contributed by atoms with E-state index >= 15 is 0 Å². The number of carbonyl (C=O) groups is 2. The third-order valence-corrected chi connectivity index (χ3v) is 5.18. The maximum atomic E-state index is 11.7. The second kappa shape index (κ2) is 8.18. The van der Waals surface area contributed by atoms with E-state index in [9.17, 15) is 9.59 Å². The lowest BCUT2D eigenvalue weighted by molar-refractivity contribution is -0.118. The smallest absolute Gasteiger partial charge is 0.237 e. The fourth-order valence-electron chi connectivity index (χ4n) is 3.13. The molecule has 6 nitrogen and oxygen atoms in total. The van der Waals surface area contributed by atoms with Gasteiger partial charge < -0.3 is 15.0 Å². The molecular formula is C22H15Cl2N3O3. The van der Waals surface area contributed by atoms with Gasteiger partial charge in [0.1, 0.15) is 30.2 Å². The molecule has 0 bridgehead atoms. The van der Waals surface area contributed by atoms with Crippen LogP contribution in [0.15, 0.2) is 60.7 Å². The van der Waals surface area contributed by atoms with Crippen LogP contribution in [-0.2, 0) is 11.3 Å². The third-order valence-electron chi connectivity index (χ3n) is 4.44. The molecule has 0 saturated heterocycles. The molecule has 0 radical (unpaired) electrons. The predicted molar refractivity (Wildman–Crippen MR) is 116 cm³/mol. The molecule has 2 N–H and O–H groups in total. The molecule has 0 aliphatic heterocycles. The standard InChI is InChI=1S/C22H15Cl2N3O3/c23-17-6-5-16(10-18(17)24)30-15-3-1-2-14(9-15)22-26-19-8-13(12-28)4-7-20(19)27(22)11-21(25)29/h1-10,12H,11H2,(H2,25,29). The highest BCUT2D eigenvalue weighted by Crippen LogP contribution is 2.32. The van der Waals surface area contributed by atoms with E-state index in [0.717, 1.165) is 11.8 Å². The Kier molecular flexibility index (Phi) is 5.44. The number of halogens is 2. The summed E-state index contributed by atoms with van der Waals surface area (Å²) in [7, 11) is 0. The number of fused-ring (bicyclic) bond motifs is 1. The van der Waals surface area contributed by atoms with E-state index in [0.29, 0.717) is 44.0 Å². The van der Waals surface area contributed by atoms with Crippen LogP contribution in [0, 0.1) is 0 Å². The number of aldehydes is 1. The van der Waals surface area contributed by atoms with E-state index in [2.05, 4.69) is 4.98 Å². The van der Waals surface area contributed by atoms with E-state index in [1.165, 1.54) is 0 Å². The van der Waals surface area contributed by atoms with Gasteiger partial charge in [-0.1, -0.05) is 35.3 Å². The van der Waals surface area contributed by atoms with Crippen molar-refractivity contribution in [2.45, 2.75) is 6.54 Å². The average Bonchev–Trinajstić information content (AvgIpc) is 3.08. The van der Waals surface area contributed by atoms with Crippen molar-refractivity contribution in [3.05, 3.63) is 76.3 Å². The van der Waals surface area contributed by atoms with Gasteiger partial charge in [0.15, 0.2) is 0 Å². The van der Waals surface area contributed by atoms with Gasteiger partial charge in [-0.25, -0.2) is 4.98 Å². The fraction of sp³-hybridized carbons (Fsp3) is 0.0455. The van der Waals surface area contributed by atoms with Crippen LogP contribution < -0.4 is 10.5 Å². The highest BCUT2D eigenvalue weighted by atomic mass is 35.5. The van der Waals surface area contributed by atoms with Crippen molar-refractivity contribution in [2.75, 3.05) is 0 Å². The first kappa shape index (κ1) is 19.9. The SMILES string of the molecule is NC(=O)Cn1c(-c2cccc(Oc3ccc(Cl)c(Cl)c3)c2)nc2cc(C=O)ccc21.